The third kappa shape index (κ3) is 1.73. The summed E-state index contributed by atoms with van der Waals surface area (Å²) in [7, 11) is 2.92. The van der Waals surface area contributed by atoms with Gasteiger partial charge in [0.25, 0.3) is 5.69 Å². The Bertz CT molecular complexity index is 583. The van der Waals surface area contributed by atoms with Crippen LogP contribution in [0, 0.1) is 10.1 Å². The van der Waals surface area contributed by atoms with Crippen molar-refractivity contribution in [1.29, 1.82) is 0 Å². The number of aromatic nitrogens is 1. The number of benzene rings is 1. The molecule has 0 radical (unpaired) electrons. The zero-order valence-electron chi connectivity index (χ0n) is 9.34. The average Bonchev–Trinajstić information content (AvgIpc) is 2.36. The molecule has 0 aliphatic heterocycles. The summed E-state index contributed by atoms with van der Waals surface area (Å²) < 4.78 is 10.3. The quantitative estimate of drug-likeness (QED) is 0.600. The normalized spacial score (nSPS) is 10.2. The van der Waals surface area contributed by atoms with Gasteiger partial charge in [0.1, 0.15) is 0 Å². The van der Waals surface area contributed by atoms with E-state index in [0.29, 0.717) is 22.3 Å². The van der Waals surface area contributed by atoms with Crippen LogP contribution in [0.4, 0.5) is 5.69 Å². The Morgan fingerprint density at radius 2 is 2.06 bits per heavy atom. The summed E-state index contributed by atoms with van der Waals surface area (Å²) in [4.78, 5) is 14.5. The van der Waals surface area contributed by atoms with Crippen molar-refractivity contribution in [1.82, 2.24) is 4.98 Å². The van der Waals surface area contributed by atoms with Crippen molar-refractivity contribution in [3.05, 3.63) is 34.6 Å². The maximum atomic E-state index is 11.0. The molecule has 0 spiro atoms. The fraction of sp³-hybridized carbons (Fsp3) is 0.182. The molecule has 1 heterocycles. The summed E-state index contributed by atoms with van der Waals surface area (Å²) in [6, 6.07) is 2.93. The third-order valence-electron chi connectivity index (χ3n) is 2.45. The van der Waals surface area contributed by atoms with Gasteiger partial charge in [0.2, 0.25) is 0 Å². The summed E-state index contributed by atoms with van der Waals surface area (Å²) >= 11 is 0. The lowest BCUT2D eigenvalue weighted by Gasteiger charge is -2.10. The van der Waals surface area contributed by atoms with E-state index in [1.165, 1.54) is 32.7 Å². The standard InChI is InChI=1S/C11H10N2O4/c1-16-10-5-9(13(14)15)7-3-4-12-6-8(7)11(10)17-2/h3-6H,1-2H3. The Morgan fingerprint density at radius 3 is 2.65 bits per heavy atom. The monoisotopic (exact) mass is 234 g/mol. The molecule has 2 aromatic rings. The smallest absolute Gasteiger partial charge is 0.281 e. The van der Waals surface area contributed by atoms with Crippen LogP contribution in [0.25, 0.3) is 10.8 Å². The lowest BCUT2D eigenvalue weighted by Crippen LogP contribution is -1.96. The van der Waals surface area contributed by atoms with E-state index in [-0.39, 0.29) is 5.69 Å². The predicted molar refractivity (Wildman–Crippen MR) is 61.5 cm³/mol. The Kier molecular flexibility index (Phi) is 2.78. The molecule has 6 nitrogen and oxygen atoms in total. The minimum Gasteiger partial charge on any atom is -0.493 e. The summed E-state index contributed by atoms with van der Waals surface area (Å²) in [5, 5.41) is 12.0. The zero-order chi connectivity index (χ0) is 12.4. The molecule has 0 N–H and O–H groups in total. The van der Waals surface area contributed by atoms with Gasteiger partial charge in [-0.3, -0.25) is 15.1 Å². The highest BCUT2D eigenvalue weighted by molar-refractivity contribution is 5.97. The number of nitro benzene ring substituents is 1. The number of hydrogen-bond donors (Lipinski definition) is 0. The van der Waals surface area contributed by atoms with E-state index in [0.717, 1.165) is 0 Å². The van der Waals surface area contributed by atoms with Crippen molar-refractivity contribution >= 4 is 16.5 Å². The number of ether oxygens (including phenoxy) is 2. The second-order valence-corrected chi connectivity index (χ2v) is 3.31. The first-order valence-electron chi connectivity index (χ1n) is 4.82. The second-order valence-electron chi connectivity index (χ2n) is 3.31. The minimum atomic E-state index is -0.454. The maximum Gasteiger partial charge on any atom is 0.281 e. The van der Waals surface area contributed by atoms with Gasteiger partial charge in [-0.05, 0) is 6.07 Å². The zero-order valence-corrected chi connectivity index (χ0v) is 9.34. The molecule has 88 valence electrons. The van der Waals surface area contributed by atoms with Crippen LogP contribution in [0.5, 0.6) is 11.5 Å². The number of nitro groups is 1. The number of nitrogens with zero attached hydrogens (tertiary/aromatic N) is 2. The number of rotatable bonds is 3. The largest absolute Gasteiger partial charge is 0.493 e. The molecule has 0 amide bonds. The minimum absolute atomic E-state index is 0.0277. The van der Waals surface area contributed by atoms with Crippen LogP contribution in [0.15, 0.2) is 24.5 Å². The number of non-ortho nitro benzene ring substituents is 1. The molecule has 0 aliphatic rings. The van der Waals surface area contributed by atoms with Crippen molar-refractivity contribution in [2.45, 2.75) is 0 Å². The van der Waals surface area contributed by atoms with Crippen LogP contribution in [0.2, 0.25) is 0 Å². The Labute approximate surface area is 96.9 Å². The van der Waals surface area contributed by atoms with E-state index in [9.17, 15) is 10.1 Å². The molecule has 1 aromatic heterocycles. The summed E-state index contributed by atoms with van der Waals surface area (Å²) in [5.74, 6) is 0.765. The highest BCUT2D eigenvalue weighted by atomic mass is 16.6. The second kappa shape index (κ2) is 4.25. The van der Waals surface area contributed by atoms with E-state index in [1.807, 2.05) is 0 Å². The molecular formula is C11H10N2O4. The summed E-state index contributed by atoms with van der Waals surface area (Å²) in [6.45, 7) is 0. The molecule has 6 heteroatoms. The van der Waals surface area contributed by atoms with Gasteiger partial charge in [0.05, 0.1) is 36.0 Å². The fourth-order valence-corrected chi connectivity index (χ4v) is 1.71. The maximum absolute atomic E-state index is 11.0. The van der Waals surface area contributed by atoms with Crippen molar-refractivity contribution in [3.8, 4) is 11.5 Å². The molecule has 0 aliphatic carbocycles. The van der Waals surface area contributed by atoms with Crippen molar-refractivity contribution in [3.63, 3.8) is 0 Å². The van der Waals surface area contributed by atoms with E-state index < -0.39 is 4.92 Å². The number of pyridine rings is 1. The molecule has 1 aromatic carbocycles. The van der Waals surface area contributed by atoms with Crippen LogP contribution >= 0.6 is 0 Å². The molecule has 0 saturated carbocycles. The van der Waals surface area contributed by atoms with E-state index >= 15 is 0 Å². The van der Waals surface area contributed by atoms with Gasteiger partial charge in [-0.15, -0.1) is 0 Å². The number of hydrogen-bond acceptors (Lipinski definition) is 5. The fourth-order valence-electron chi connectivity index (χ4n) is 1.71. The van der Waals surface area contributed by atoms with Crippen molar-refractivity contribution < 1.29 is 14.4 Å². The van der Waals surface area contributed by atoms with E-state index in [4.69, 9.17) is 9.47 Å². The van der Waals surface area contributed by atoms with Gasteiger partial charge in [0.15, 0.2) is 11.5 Å². The van der Waals surface area contributed by atoms with E-state index in [2.05, 4.69) is 4.98 Å². The summed E-state index contributed by atoms with van der Waals surface area (Å²) in [5.41, 5.74) is -0.0277. The van der Waals surface area contributed by atoms with Gasteiger partial charge in [-0.2, -0.15) is 0 Å². The van der Waals surface area contributed by atoms with Gasteiger partial charge in [0, 0.05) is 12.4 Å². The highest BCUT2D eigenvalue weighted by Gasteiger charge is 2.19. The first-order chi connectivity index (χ1) is 8.19. The van der Waals surface area contributed by atoms with Crippen LogP contribution < -0.4 is 9.47 Å². The number of methoxy groups -OCH3 is 2. The Hall–Kier alpha value is -2.37. The third-order valence-corrected chi connectivity index (χ3v) is 2.45. The molecular weight excluding hydrogens is 224 g/mol. The molecule has 0 fully saturated rings. The number of fused-ring (bicyclic) bond motifs is 1. The van der Waals surface area contributed by atoms with Crippen molar-refractivity contribution in [2.75, 3.05) is 14.2 Å². The Morgan fingerprint density at radius 1 is 1.29 bits per heavy atom. The van der Waals surface area contributed by atoms with Gasteiger partial charge in [-0.25, -0.2) is 0 Å². The van der Waals surface area contributed by atoms with Gasteiger partial charge in [-0.1, -0.05) is 0 Å². The molecule has 0 saturated heterocycles. The highest BCUT2D eigenvalue weighted by Crippen LogP contribution is 2.40. The SMILES string of the molecule is COc1cc([N+](=O)[O-])c2ccncc2c1OC. The van der Waals surface area contributed by atoms with Crippen LogP contribution in [-0.2, 0) is 0 Å². The predicted octanol–water partition coefficient (Wildman–Crippen LogP) is 2.16. The lowest BCUT2D eigenvalue weighted by molar-refractivity contribution is -0.383. The first kappa shape index (κ1) is 11.1. The average molecular weight is 234 g/mol. The van der Waals surface area contributed by atoms with Gasteiger partial charge >= 0.3 is 0 Å². The summed E-state index contributed by atoms with van der Waals surface area (Å²) in [6.07, 6.45) is 3.02. The van der Waals surface area contributed by atoms with Crippen LogP contribution in [0.1, 0.15) is 0 Å². The molecule has 0 unspecified atom stereocenters. The van der Waals surface area contributed by atoms with Crippen LogP contribution in [-0.4, -0.2) is 24.1 Å². The van der Waals surface area contributed by atoms with Crippen LogP contribution in [0.3, 0.4) is 0 Å². The van der Waals surface area contributed by atoms with E-state index in [1.54, 1.807) is 6.07 Å². The molecule has 2 rings (SSSR count). The first-order valence-corrected chi connectivity index (χ1v) is 4.82. The molecule has 0 atom stereocenters. The lowest BCUT2D eigenvalue weighted by atomic mass is 10.1. The van der Waals surface area contributed by atoms with Gasteiger partial charge < -0.3 is 9.47 Å². The Balaban J connectivity index is 2.89. The molecule has 17 heavy (non-hydrogen) atoms. The topological polar surface area (TPSA) is 74.5 Å². The molecule has 0 bridgehead atoms. The van der Waals surface area contributed by atoms with Crippen molar-refractivity contribution in [2.24, 2.45) is 0 Å².